The Hall–Kier alpha value is -1.62. The highest BCUT2D eigenvalue weighted by molar-refractivity contribution is 5.51. The quantitative estimate of drug-likeness (QED) is 0.663. The maximum atomic E-state index is 10.7. The third-order valence-corrected chi connectivity index (χ3v) is 4.04. The number of anilines is 1. The third-order valence-electron chi connectivity index (χ3n) is 4.04. The van der Waals surface area contributed by atoms with E-state index < -0.39 is 0 Å². The van der Waals surface area contributed by atoms with Crippen LogP contribution in [0, 0.1) is 10.1 Å². The van der Waals surface area contributed by atoms with Crippen molar-refractivity contribution < 1.29 is 4.92 Å². The van der Waals surface area contributed by atoms with Gasteiger partial charge in [0.05, 0.1) is 4.92 Å². The maximum absolute atomic E-state index is 10.7. The van der Waals surface area contributed by atoms with Crippen molar-refractivity contribution in [3.05, 3.63) is 34.4 Å². The van der Waals surface area contributed by atoms with Crippen LogP contribution in [-0.2, 0) is 0 Å². The van der Waals surface area contributed by atoms with E-state index in [4.69, 9.17) is 5.73 Å². The van der Waals surface area contributed by atoms with Gasteiger partial charge in [-0.25, -0.2) is 0 Å². The lowest BCUT2D eigenvalue weighted by molar-refractivity contribution is -0.384. The molecule has 1 aliphatic carbocycles. The number of non-ortho nitro benzene ring substituents is 1. The fourth-order valence-corrected chi connectivity index (χ4v) is 2.94. The van der Waals surface area contributed by atoms with Crippen LogP contribution < -0.4 is 10.6 Å². The van der Waals surface area contributed by atoms with E-state index in [-0.39, 0.29) is 10.6 Å². The van der Waals surface area contributed by atoms with E-state index in [0.29, 0.717) is 12.1 Å². The van der Waals surface area contributed by atoms with Crippen molar-refractivity contribution in [2.45, 2.75) is 51.1 Å². The number of nitrogens with zero attached hydrogens (tertiary/aromatic N) is 2. The van der Waals surface area contributed by atoms with Gasteiger partial charge in [-0.3, -0.25) is 10.1 Å². The molecule has 1 aromatic rings. The van der Waals surface area contributed by atoms with Crippen LogP contribution in [0.4, 0.5) is 11.4 Å². The summed E-state index contributed by atoms with van der Waals surface area (Å²) in [6, 6.07) is 7.76. The summed E-state index contributed by atoms with van der Waals surface area (Å²) in [4.78, 5) is 12.8. The molecular formula is C15H23N3O2. The van der Waals surface area contributed by atoms with Gasteiger partial charge in [0.1, 0.15) is 0 Å². The van der Waals surface area contributed by atoms with Gasteiger partial charge in [0, 0.05) is 36.4 Å². The lowest BCUT2D eigenvalue weighted by atomic mass is 9.90. The summed E-state index contributed by atoms with van der Waals surface area (Å²) >= 11 is 0. The van der Waals surface area contributed by atoms with Crippen molar-refractivity contribution in [2.24, 2.45) is 5.73 Å². The predicted molar refractivity (Wildman–Crippen MR) is 81.0 cm³/mol. The molecule has 0 spiro atoms. The van der Waals surface area contributed by atoms with Gasteiger partial charge in [-0.1, -0.05) is 6.92 Å². The summed E-state index contributed by atoms with van der Waals surface area (Å²) in [5.74, 6) is 0. The van der Waals surface area contributed by atoms with Crippen LogP contribution in [0.15, 0.2) is 24.3 Å². The summed E-state index contributed by atoms with van der Waals surface area (Å²) in [5.41, 5.74) is 7.20. The first-order valence-electron chi connectivity index (χ1n) is 7.38. The Morgan fingerprint density at radius 3 is 2.35 bits per heavy atom. The molecule has 2 N–H and O–H groups in total. The average Bonchev–Trinajstić information content (AvgIpc) is 2.46. The van der Waals surface area contributed by atoms with Crippen molar-refractivity contribution >= 4 is 11.4 Å². The van der Waals surface area contributed by atoms with Crippen LogP contribution in [0.3, 0.4) is 0 Å². The molecule has 5 heteroatoms. The van der Waals surface area contributed by atoms with Crippen LogP contribution in [0.2, 0.25) is 0 Å². The van der Waals surface area contributed by atoms with Crippen LogP contribution in [0.5, 0.6) is 0 Å². The monoisotopic (exact) mass is 277 g/mol. The first-order valence-corrected chi connectivity index (χ1v) is 7.38. The van der Waals surface area contributed by atoms with Gasteiger partial charge in [-0.2, -0.15) is 0 Å². The number of hydrogen-bond acceptors (Lipinski definition) is 4. The maximum Gasteiger partial charge on any atom is 0.269 e. The molecule has 1 aromatic carbocycles. The van der Waals surface area contributed by atoms with Crippen molar-refractivity contribution in [2.75, 3.05) is 11.4 Å². The minimum Gasteiger partial charge on any atom is -0.369 e. The molecule has 0 heterocycles. The van der Waals surface area contributed by atoms with Crippen molar-refractivity contribution in [1.29, 1.82) is 0 Å². The van der Waals surface area contributed by atoms with Gasteiger partial charge in [0.2, 0.25) is 0 Å². The van der Waals surface area contributed by atoms with E-state index in [1.165, 1.54) is 0 Å². The fraction of sp³-hybridized carbons (Fsp3) is 0.600. The van der Waals surface area contributed by atoms with E-state index in [1.54, 1.807) is 12.1 Å². The molecule has 110 valence electrons. The van der Waals surface area contributed by atoms with E-state index in [9.17, 15) is 10.1 Å². The van der Waals surface area contributed by atoms with Crippen LogP contribution in [-0.4, -0.2) is 23.6 Å². The summed E-state index contributed by atoms with van der Waals surface area (Å²) in [6.07, 6.45) is 5.42. The summed E-state index contributed by atoms with van der Waals surface area (Å²) in [5, 5.41) is 10.7. The first-order chi connectivity index (χ1) is 9.61. The lowest BCUT2D eigenvalue weighted by Gasteiger charge is -2.37. The van der Waals surface area contributed by atoms with Gasteiger partial charge in [-0.15, -0.1) is 0 Å². The molecule has 0 radical (unpaired) electrons. The Labute approximate surface area is 119 Å². The number of hydrogen-bond donors (Lipinski definition) is 1. The Kier molecular flexibility index (Phi) is 4.95. The normalized spacial score (nSPS) is 22.5. The second-order valence-corrected chi connectivity index (χ2v) is 5.54. The molecule has 0 unspecified atom stereocenters. The topological polar surface area (TPSA) is 72.4 Å². The number of nitrogens with two attached hydrogens (primary N) is 1. The number of rotatable bonds is 5. The molecular weight excluding hydrogens is 254 g/mol. The van der Waals surface area contributed by atoms with Crippen molar-refractivity contribution in [3.8, 4) is 0 Å². The molecule has 0 aliphatic heterocycles. The number of nitro groups is 1. The largest absolute Gasteiger partial charge is 0.369 e. The van der Waals surface area contributed by atoms with Gasteiger partial charge in [0.25, 0.3) is 5.69 Å². The number of nitro benzene ring substituents is 1. The van der Waals surface area contributed by atoms with Gasteiger partial charge in [0.15, 0.2) is 0 Å². The second-order valence-electron chi connectivity index (χ2n) is 5.54. The van der Waals surface area contributed by atoms with Crippen LogP contribution in [0.1, 0.15) is 39.0 Å². The highest BCUT2D eigenvalue weighted by atomic mass is 16.6. The molecule has 1 aliphatic rings. The zero-order valence-corrected chi connectivity index (χ0v) is 12.0. The fourth-order valence-electron chi connectivity index (χ4n) is 2.94. The molecule has 2 rings (SSSR count). The molecule has 0 amide bonds. The predicted octanol–water partition coefficient (Wildman–Crippen LogP) is 3.08. The second kappa shape index (κ2) is 6.70. The lowest BCUT2D eigenvalue weighted by Crippen LogP contribution is -2.41. The SMILES string of the molecule is CCCN(c1ccc([N+](=O)[O-])cc1)C1CCC(N)CC1. The zero-order chi connectivity index (χ0) is 14.5. The summed E-state index contributed by atoms with van der Waals surface area (Å²) < 4.78 is 0. The van der Waals surface area contributed by atoms with E-state index in [2.05, 4.69) is 11.8 Å². The highest BCUT2D eigenvalue weighted by Crippen LogP contribution is 2.28. The summed E-state index contributed by atoms with van der Waals surface area (Å²) in [6.45, 7) is 3.14. The molecule has 0 saturated heterocycles. The smallest absolute Gasteiger partial charge is 0.269 e. The van der Waals surface area contributed by atoms with Crippen molar-refractivity contribution in [3.63, 3.8) is 0 Å². The Morgan fingerprint density at radius 2 is 1.85 bits per heavy atom. The standard InChI is InChI=1S/C15H23N3O2/c1-2-11-17(13-5-3-12(16)4-6-13)14-7-9-15(10-8-14)18(19)20/h7-10,12-13H,2-6,11,16H2,1H3. The Balaban J connectivity index is 2.13. The minimum absolute atomic E-state index is 0.149. The molecule has 5 nitrogen and oxygen atoms in total. The van der Waals surface area contributed by atoms with Crippen LogP contribution in [0.25, 0.3) is 0 Å². The first kappa shape index (κ1) is 14.8. The zero-order valence-electron chi connectivity index (χ0n) is 12.0. The van der Waals surface area contributed by atoms with Crippen LogP contribution >= 0.6 is 0 Å². The van der Waals surface area contributed by atoms with E-state index in [0.717, 1.165) is 44.3 Å². The third kappa shape index (κ3) is 3.48. The molecule has 0 bridgehead atoms. The summed E-state index contributed by atoms with van der Waals surface area (Å²) in [7, 11) is 0. The van der Waals surface area contributed by atoms with Gasteiger partial charge >= 0.3 is 0 Å². The Bertz CT molecular complexity index is 439. The molecule has 1 saturated carbocycles. The molecule has 0 atom stereocenters. The van der Waals surface area contributed by atoms with Gasteiger partial charge < -0.3 is 10.6 Å². The Morgan fingerprint density at radius 1 is 1.25 bits per heavy atom. The molecule has 20 heavy (non-hydrogen) atoms. The minimum atomic E-state index is -0.354. The van der Waals surface area contributed by atoms with Gasteiger partial charge in [-0.05, 0) is 44.2 Å². The van der Waals surface area contributed by atoms with E-state index >= 15 is 0 Å². The van der Waals surface area contributed by atoms with E-state index in [1.807, 2.05) is 12.1 Å². The average molecular weight is 277 g/mol. The molecule has 1 fully saturated rings. The number of benzene rings is 1. The molecule has 0 aromatic heterocycles. The highest BCUT2D eigenvalue weighted by Gasteiger charge is 2.24. The van der Waals surface area contributed by atoms with Crippen molar-refractivity contribution in [1.82, 2.24) is 0 Å².